The summed E-state index contributed by atoms with van der Waals surface area (Å²) in [6.07, 6.45) is 0. The van der Waals surface area contributed by atoms with Gasteiger partial charge in [-0.25, -0.2) is 13.6 Å². The van der Waals surface area contributed by atoms with Gasteiger partial charge in [0.15, 0.2) is 0 Å². The predicted octanol–water partition coefficient (Wildman–Crippen LogP) is 1.73. The number of furan rings is 1. The standard InChI is InChI=1S/C8H6ClNO3S/c9-7-5-3-1-2-4-6(5)13-8(7)14(10,11)12/h1-4H,(H2,10,11,12). The Kier molecular flexibility index (Phi) is 2.02. The fourth-order valence-electron chi connectivity index (χ4n) is 1.17. The first-order valence-electron chi connectivity index (χ1n) is 3.70. The predicted molar refractivity (Wildman–Crippen MR) is 52.6 cm³/mol. The topological polar surface area (TPSA) is 73.3 Å². The van der Waals surface area contributed by atoms with Crippen LogP contribution in [0, 0.1) is 0 Å². The minimum atomic E-state index is -3.89. The molecule has 0 aliphatic heterocycles. The summed E-state index contributed by atoms with van der Waals surface area (Å²) in [4.78, 5) is 0. The van der Waals surface area contributed by atoms with E-state index in [9.17, 15) is 8.42 Å². The highest BCUT2D eigenvalue weighted by Crippen LogP contribution is 2.32. The fraction of sp³-hybridized carbons (Fsp3) is 0. The number of sulfonamides is 1. The summed E-state index contributed by atoms with van der Waals surface area (Å²) in [5.41, 5.74) is 0.404. The quantitative estimate of drug-likeness (QED) is 0.812. The Labute approximate surface area is 85.3 Å². The van der Waals surface area contributed by atoms with Crippen molar-refractivity contribution >= 4 is 32.6 Å². The molecule has 0 unspecified atom stereocenters. The van der Waals surface area contributed by atoms with Gasteiger partial charge in [0.1, 0.15) is 10.6 Å². The van der Waals surface area contributed by atoms with E-state index in [1.807, 2.05) is 0 Å². The third kappa shape index (κ3) is 1.39. The number of hydrogen-bond donors (Lipinski definition) is 1. The van der Waals surface area contributed by atoms with Gasteiger partial charge in [-0.15, -0.1) is 0 Å². The maximum atomic E-state index is 11.0. The third-order valence-corrected chi connectivity index (χ3v) is 3.06. The highest BCUT2D eigenvalue weighted by molar-refractivity contribution is 7.89. The van der Waals surface area contributed by atoms with E-state index in [0.717, 1.165) is 0 Å². The number of halogens is 1. The lowest BCUT2D eigenvalue weighted by molar-refractivity contribution is 0.482. The number of hydrogen-bond acceptors (Lipinski definition) is 3. The van der Waals surface area contributed by atoms with Crippen molar-refractivity contribution in [2.24, 2.45) is 5.14 Å². The van der Waals surface area contributed by atoms with Gasteiger partial charge in [-0.1, -0.05) is 23.7 Å². The van der Waals surface area contributed by atoms with Gasteiger partial charge in [0, 0.05) is 5.39 Å². The number of nitrogens with two attached hydrogens (primary N) is 1. The molecule has 1 heterocycles. The van der Waals surface area contributed by atoms with Crippen molar-refractivity contribution in [3.63, 3.8) is 0 Å². The molecule has 4 nitrogen and oxygen atoms in total. The normalized spacial score (nSPS) is 12.1. The van der Waals surface area contributed by atoms with E-state index in [1.165, 1.54) is 0 Å². The van der Waals surface area contributed by atoms with Crippen molar-refractivity contribution in [2.75, 3.05) is 0 Å². The van der Waals surface area contributed by atoms with Crippen LogP contribution in [-0.4, -0.2) is 8.42 Å². The van der Waals surface area contributed by atoms with Crippen molar-refractivity contribution in [3.8, 4) is 0 Å². The Balaban J connectivity index is 2.89. The van der Waals surface area contributed by atoms with E-state index >= 15 is 0 Å². The lowest BCUT2D eigenvalue weighted by Gasteiger charge is -1.90. The van der Waals surface area contributed by atoms with Crippen LogP contribution in [0.2, 0.25) is 5.02 Å². The first-order valence-corrected chi connectivity index (χ1v) is 5.62. The molecular weight excluding hydrogens is 226 g/mol. The Morgan fingerprint density at radius 2 is 1.93 bits per heavy atom. The molecule has 14 heavy (non-hydrogen) atoms. The molecule has 2 aromatic rings. The Morgan fingerprint density at radius 1 is 1.29 bits per heavy atom. The van der Waals surface area contributed by atoms with Gasteiger partial charge >= 0.3 is 0 Å². The Hall–Kier alpha value is -1.04. The highest BCUT2D eigenvalue weighted by Gasteiger charge is 2.20. The molecule has 74 valence electrons. The largest absolute Gasteiger partial charge is 0.442 e. The van der Waals surface area contributed by atoms with E-state index in [4.69, 9.17) is 21.2 Å². The van der Waals surface area contributed by atoms with E-state index in [0.29, 0.717) is 11.0 Å². The molecule has 2 N–H and O–H groups in total. The lowest BCUT2D eigenvalue weighted by atomic mass is 10.3. The summed E-state index contributed by atoms with van der Waals surface area (Å²) in [7, 11) is -3.89. The van der Waals surface area contributed by atoms with Crippen LogP contribution in [0.15, 0.2) is 33.8 Å². The van der Waals surface area contributed by atoms with Gasteiger partial charge in [0.2, 0.25) is 0 Å². The number of benzene rings is 1. The second-order valence-electron chi connectivity index (χ2n) is 2.74. The molecule has 0 fully saturated rings. The van der Waals surface area contributed by atoms with Gasteiger partial charge in [0.05, 0.1) is 0 Å². The first-order chi connectivity index (χ1) is 6.50. The molecule has 1 aromatic carbocycles. The van der Waals surface area contributed by atoms with Crippen molar-refractivity contribution in [2.45, 2.75) is 5.09 Å². The van der Waals surface area contributed by atoms with E-state index in [-0.39, 0.29) is 10.1 Å². The van der Waals surface area contributed by atoms with Crippen molar-refractivity contribution in [3.05, 3.63) is 29.3 Å². The van der Waals surface area contributed by atoms with Crippen LogP contribution in [0.3, 0.4) is 0 Å². The molecule has 1 aromatic heterocycles. The second-order valence-corrected chi connectivity index (χ2v) is 4.58. The Morgan fingerprint density at radius 3 is 2.50 bits per heavy atom. The summed E-state index contributed by atoms with van der Waals surface area (Å²) in [6.45, 7) is 0. The summed E-state index contributed by atoms with van der Waals surface area (Å²) < 4.78 is 27.1. The zero-order valence-electron chi connectivity index (χ0n) is 6.90. The minimum absolute atomic E-state index is 0.0306. The molecule has 0 aliphatic carbocycles. The van der Waals surface area contributed by atoms with Gasteiger partial charge in [-0.3, -0.25) is 0 Å². The van der Waals surface area contributed by atoms with Crippen molar-refractivity contribution < 1.29 is 12.8 Å². The van der Waals surface area contributed by atoms with Crippen molar-refractivity contribution in [1.29, 1.82) is 0 Å². The molecular formula is C8H6ClNO3S. The van der Waals surface area contributed by atoms with E-state index < -0.39 is 10.0 Å². The zero-order chi connectivity index (χ0) is 10.3. The molecule has 6 heteroatoms. The van der Waals surface area contributed by atoms with Crippen LogP contribution >= 0.6 is 11.6 Å². The second kappa shape index (κ2) is 2.98. The molecule has 2 rings (SSSR count). The molecule has 0 amide bonds. The van der Waals surface area contributed by atoms with Crippen molar-refractivity contribution in [1.82, 2.24) is 0 Å². The Bertz CT molecular complexity index is 588. The lowest BCUT2D eigenvalue weighted by Crippen LogP contribution is -2.11. The summed E-state index contributed by atoms with van der Waals surface area (Å²) >= 11 is 5.79. The SMILES string of the molecule is NS(=O)(=O)c1oc2ccccc2c1Cl. The van der Waals surface area contributed by atoms with Crippen LogP contribution in [0.1, 0.15) is 0 Å². The van der Waals surface area contributed by atoms with Crippen LogP contribution in [-0.2, 0) is 10.0 Å². The molecule has 0 saturated carbocycles. The fourth-order valence-corrected chi connectivity index (χ4v) is 2.26. The molecule has 0 saturated heterocycles. The monoisotopic (exact) mass is 231 g/mol. The molecule has 0 spiro atoms. The number of para-hydroxylation sites is 1. The van der Waals surface area contributed by atoms with Crippen LogP contribution in [0.25, 0.3) is 11.0 Å². The van der Waals surface area contributed by atoms with Gasteiger partial charge in [0.25, 0.3) is 15.1 Å². The van der Waals surface area contributed by atoms with Gasteiger partial charge in [-0.05, 0) is 12.1 Å². The van der Waals surface area contributed by atoms with Gasteiger partial charge in [-0.2, -0.15) is 0 Å². The molecule has 0 bridgehead atoms. The van der Waals surface area contributed by atoms with E-state index in [1.54, 1.807) is 24.3 Å². The third-order valence-electron chi connectivity index (χ3n) is 1.76. The summed E-state index contributed by atoms with van der Waals surface area (Å²) in [6, 6.07) is 6.73. The minimum Gasteiger partial charge on any atom is -0.442 e. The molecule has 0 radical (unpaired) electrons. The summed E-state index contributed by atoms with van der Waals surface area (Å²) in [5, 5.41) is 5.10. The summed E-state index contributed by atoms with van der Waals surface area (Å²) in [5.74, 6) is 0. The highest BCUT2D eigenvalue weighted by atomic mass is 35.5. The smallest absolute Gasteiger partial charge is 0.273 e. The van der Waals surface area contributed by atoms with Crippen LogP contribution in [0.5, 0.6) is 0 Å². The average Bonchev–Trinajstić information content (AvgIpc) is 2.44. The molecule has 0 aliphatic rings. The number of primary sulfonamides is 1. The van der Waals surface area contributed by atoms with E-state index in [2.05, 4.69) is 0 Å². The first kappa shape index (κ1) is 9.51. The average molecular weight is 232 g/mol. The number of rotatable bonds is 1. The molecule has 0 atom stereocenters. The maximum absolute atomic E-state index is 11.0. The maximum Gasteiger partial charge on any atom is 0.273 e. The van der Waals surface area contributed by atoms with Crippen LogP contribution < -0.4 is 5.14 Å². The number of fused-ring (bicyclic) bond motifs is 1. The van der Waals surface area contributed by atoms with Gasteiger partial charge < -0.3 is 4.42 Å². The van der Waals surface area contributed by atoms with Crippen LogP contribution in [0.4, 0.5) is 0 Å². The zero-order valence-corrected chi connectivity index (χ0v) is 8.47.